The van der Waals surface area contributed by atoms with Crippen LogP contribution < -0.4 is 10.6 Å². The molecule has 56 heavy (non-hydrogen) atoms. The SMILES string of the molecule is C=CC1=C(C(=O)OC(c2ccccc2)c2ccccc2)N2C(=O)C(NC(=O)Cc3nnc(NC(c4ccccc4)(c4ccccc4)c4ccccc4)s3)[C@H]2SC1. The van der Waals surface area contributed by atoms with Crippen molar-refractivity contribution in [2.45, 2.75) is 29.5 Å². The third-order valence-electron chi connectivity index (χ3n) is 9.88. The lowest BCUT2D eigenvalue weighted by Gasteiger charge is -2.49. The number of benzene rings is 5. The van der Waals surface area contributed by atoms with Crippen molar-refractivity contribution in [2.24, 2.45) is 0 Å². The highest BCUT2D eigenvalue weighted by Crippen LogP contribution is 2.43. The molecule has 2 amide bonds. The fraction of sp³-hybridized carbons (Fsp3) is 0.133. The molecule has 2 N–H and O–H groups in total. The number of hydrogen-bond donors (Lipinski definition) is 2. The van der Waals surface area contributed by atoms with E-state index in [1.54, 1.807) is 6.08 Å². The van der Waals surface area contributed by atoms with Gasteiger partial charge in [-0.3, -0.25) is 14.5 Å². The zero-order valence-corrected chi connectivity index (χ0v) is 31.8. The Kier molecular flexibility index (Phi) is 10.6. The number of nitrogens with one attached hydrogen (secondary N) is 2. The summed E-state index contributed by atoms with van der Waals surface area (Å²) in [5.74, 6) is -0.973. The summed E-state index contributed by atoms with van der Waals surface area (Å²) in [6, 6.07) is 48.6. The number of carbonyl (C=O) groups excluding carboxylic acids is 3. The molecule has 1 aromatic heterocycles. The topological polar surface area (TPSA) is 114 Å². The van der Waals surface area contributed by atoms with E-state index >= 15 is 0 Å². The lowest BCUT2D eigenvalue weighted by Crippen LogP contribution is -2.70. The van der Waals surface area contributed by atoms with Crippen LogP contribution in [0.5, 0.6) is 0 Å². The van der Waals surface area contributed by atoms with Gasteiger partial charge in [0.2, 0.25) is 11.0 Å². The van der Waals surface area contributed by atoms with Crippen molar-refractivity contribution >= 4 is 46.0 Å². The lowest BCUT2D eigenvalue weighted by atomic mass is 9.77. The Balaban J connectivity index is 0.982. The van der Waals surface area contributed by atoms with Crippen LogP contribution >= 0.6 is 23.1 Å². The van der Waals surface area contributed by atoms with E-state index in [4.69, 9.17) is 4.74 Å². The molecule has 0 bridgehead atoms. The number of ether oxygens (including phenoxy) is 1. The van der Waals surface area contributed by atoms with Gasteiger partial charge in [0, 0.05) is 5.75 Å². The van der Waals surface area contributed by atoms with Crippen molar-refractivity contribution in [2.75, 3.05) is 11.1 Å². The minimum atomic E-state index is -0.826. The second kappa shape index (κ2) is 16.2. The molecule has 0 aliphatic carbocycles. The lowest BCUT2D eigenvalue weighted by molar-refractivity contribution is -0.154. The Morgan fingerprint density at radius 3 is 1.79 bits per heavy atom. The molecule has 2 atom stereocenters. The van der Waals surface area contributed by atoms with Crippen LogP contribution in [0.3, 0.4) is 0 Å². The Morgan fingerprint density at radius 1 is 0.786 bits per heavy atom. The molecular weight excluding hydrogens is 739 g/mol. The predicted octanol–water partition coefficient (Wildman–Crippen LogP) is 7.66. The van der Waals surface area contributed by atoms with Gasteiger partial charge in [0.1, 0.15) is 27.7 Å². The molecule has 1 saturated heterocycles. The number of amides is 2. The van der Waals surface area contributed by atoms with Crippen molar-refractivity contribution in [1.82, 2.24) is 20.4 Å². The molecule has 11 heteroatoms. The number of aromatic nitrogens is 2. The van der Waals surface area contributed by atoms with Crippen molar-refractivity contribution < 1.29 is 19.1 Å². The first-order chi connectivity index (χ1) is 27.5. The van der Waals surface area contributed by atoms with Crippen LogP contribution in [0.15, 0.2) is 176 Å². The fourth-order valence-electron chi connectivity index (χ4n) is 7.21. The Labute approximate surface area is 333 Å². The molecule has 2 aliphatic rings. The van der Waals surface area contributed by atoms with Gasteiger partial charge in [0.05, 0.1) is 6.42 Å². The van der Waals surface area contributed by atoms with Crippen LogP contribution in [0.1, 0.15) is 38.9 Å². The van der Waals surface area contributed by atoms with Gasteiger partial charge < -0.3 is 15.4 Å². The Morgan fingerprint density at radius 2 is 1.29 bits per heavy atom. The van der Waals surface area contributed by atoms with Gasteiger partial charge >= 0.3 is 5.97 Å². The second-order valence-electron chi connectivity index (χ2n) is 13.3. The molecule has 0 spiro atoms. The van der Waals surface area contributed by atoms with E-state index < -0.39 is 34.9 Å². The zero-order chi connectivity index (χ0) is 38.5. The number of hydrogen-bond acceptors (Lipinski definition) is 9. The van der Waals surface area contributed by atoms with E-state index in [1.165, 1.54) is 28.0 Å². The standard InChI is InChI=1S/C45H37N5O4S2/c1-2-30-29-55-42-38(41(52)50(42)39(30)43(53)54-40(31-18-8-3-9-19-31)32-20-10-4-11-21-32)46-36(51)28-37-48-49-44(56-37)47-45(33-22-12-5-13-23-33,34-24-14-6-15-25-34)35-26-16-7-17-27-35/h2-27,38,40,42H,1,28-29H2,(H,46,51)(H,47,49)/t38?,42-/m1/s1. The second-order valence-corrected chi connectivity index (χ2v) is 15.5. The molecule has 1 fully saturated rings. The van der Waals surface area contributed by atoms with E-state index in [-0.39, 0.29) is 18.0 Å². The number of fused-ring (bicyclic) bond motifs is 1. The molecule has 1 unspecified atom stereocenters. The third-order valence-corrected chi connectivity index (χ3v) is 12.0. The zero-order valence-electron chi connectivity index (χ0n) is 30.2. The van der Waals surface area contributed by atoms with Crippen molar-refractivity contribution in [1.29, 1.82) is 0 Å². The smallest absolute Gasteiger partial charge is 0.356 e. The van der Waals surface area contributed by atoms with Crippen LogP contribution in [0.2, 0.25) is 0 Å². The Hall–Kier alpha value is -6.30. The quantitative estimate of drug-likeness (QED) is 0.0699. The van der Waals surface area contributed by atoms with Gasteiger partial charge in [-0.15, -0.1) is 22.0 Å². The minimum Gasteiger partial charge on any atom is -0.448 e. The summed E-state index contributed by atoms with van der Waals surface area (Å²) in [4.78, 5) is 42.6. The summed E-state index contributed by atoms with van der Waals surface area (Å²) in [7, 11) is 0. The van der Waals surface area contributed by atoms with Crippen LogP contribution in [0, 0.1) is 0 Å². The highest BCUT2D eigenvalue weighted by molar-refractivity contribution is 8.00. The summed E-state index contributed by atoms with van der Waals surface area (Å²) >= 11 is 2.74. The van der Waals surface area contributed by atoms with Crippen LogP contribution in [0.4, 0.5) is 5.13 Å². The molecule has 278 valence electrons. The van der Waals surface area contributed by atoms with Gasteiger partial charge in [-0.05, 0) is 33.4 Å². The van der Waals surface area contributed by atoms with E-state index in [9.17, 15) is 14.4 Å². The van der Waals surface area contributed by atoms with Gasteiger partial charge in [-0.2, -0.15) is 0 Å². The average Bonchev–Trinajstić information content (AvgIpc) is 3.70. The number of thioether (sulfide) groups is 1. The van der Waals surface area contributed by atoms with Crippen LogP contribution in [0.25, 0.3) is 0 Å². The van der Waals surface area contributed by atoms with Crippen molar-refractivity contribution in [3.05, 3.63) is 208 Å². The van der Waals surface area contributed by atoms with Crippen LogP contribution in [-0.4, -0.2) is 50.0 Å². The van der Waals surface area contributed by atoms with E-state index in [1.807, 2.05) is 115 Å². The molecule has 2 aliphatic heterocycles. The predicted molar refractivity (Wildman–Crippen MR) is 220 cm³/mol. The summed E-state index contributed by atoms with van der Waals surface area (Å²) < 4.78 is 6.16. The molecule has 9 nitrogen and oxygen atoms in total. The molecule has 0 saturated carbocycles. The number of carbonyl (C=O) groups is 3. The van der Waals surface area contributed by atoms with Gasteiger partial charge in [0.15, 0.2) is 6.10 Å². The largest absolute Gasteiger partial charge is 0.448 e. The van der Waals surface area contributed by atoms with Crippen molar-refractivity contribution in [3.8, 4) is 0 Å². The summed E-state index contributed by atoms with van der Waals surface area (Å²) in [5, 5.41) is 16.0. The molecule has 8 rings (SSSR count). The number of esters is 1. The van der Waals surface area contributed by atoms with E-state index in [2.05, 4.69) is 63.8 Å². The fourth-order valence-corrected chi connectivity index (χ4v) is 9.35. The first-order valence-electron chi connectivity index (χ1n) is 18.1. The summed E-state index contributed by atoms with van der Waals surface area (Å²) in [5.41, 5.74) is 4.58. The maximum Gasteiger partial charge on any atom is 0.356 e. The summed E-state index contributed by atoms with van der Waals surface area (Å²) in [6.45, 7) is 3.91. The molecule has 3 heterocycles. The van der Waals surface area contributed by atoms with Gasteiger partial charge in [0.25, 0.3) is 5.91 Å². The summed E-state index contributed by atoms with van der Waals surface area (Å²) in [6.07, 6.45) is 0.823. The number of allylic oxidation sites excluding steroid dienone is 1. The molecule has 5 aromatic carbocycles. The number of β-lactam (4-membered cyclic amide) rings is 1. The first-order valence-corrected chi connectivity index (χ1v) is 20.0. The number of anilines is 1. The maximum atomic E-state index is 14.0. The molecule has 6 aromatic rings. The van der Waals surface area contributed by atoms with Gasteiger partial charge in [-0.1, -0.05) is 176 Å². The first kappa shape index (κ1) is 36.7. The van der Waals surface area contributed by atoms with E-state index in [0.717, 1.165) is 27.8 Å². The Bertz CT molecular complexity index is 2240. The van der Waals surface area contributed by atoms with E-state index in [0.29, 0.717) is 21.5 Å². The highest BCUT2D eigenvalue weighted by atomic mass is 32.2. The van der Waals surface area contributed by atoms with Crippen molar-refractivity contribution in [3.63, 3.8) is 0 Å². The van der Waals surface area contributed by atoms with Crippen LogP contribution in [-0.2, 0) is 31.1 Å². The normalized spacial score (nSPS) is 16.4. The number of nitrogens with zero attached hydrogens (tertiary/aromatic N) is 3. The highest BCUT2D eigenvalue weighted by Gasteiger charge is 2.54. The average molecular weight is 776 g/mol. The molecule has 0 radical (unpaired) electrons. The maximum absolute atomic E-state index is 14.0. The molecular formula is C45H37N5O4S2. The number of rotatable bonds is 13. The monoisotopic (exact) mass is 775 g/mol. The van der Waals surface area contributed by atoms with Gasteiger partial charge in [-0.25, -0.2) is 4.79 Å². The minimum absolute atomic E-state index is 0.0754. The third kappa shape index (κ3) is 7.14.